The fourth-order valence-electron chi connectivity index (χ4n) is 8.49. The van der Waals surface area contributed by atoms with Gasteiger partial charge in [0.2, 0.25) is 0 Å². The van der Waals surface area contributed by atoms with Gasteiger partial charge in [0, 0.05) is 54.8 Å². The molecule has 276 valence electrons. The van der Waals surface area contributed by atoms with Crippen molar-refractivity contribution in [3.63, 3.8) is 0 Å². The lowest BCUT2D eigenvalue weighted by atomic mass is 9.97. The Labute approximate surface area is 333 Å². The zero-order valence-corrected chi connectivity index (χ0v) is 31.8. The quantitative estimate of drug-likeness (QED) is 0.187. The van der Waals surface area contributed by atoms with Crippen molar-refractivity contribution in [2.75, 3.05) is 0 Å². The first-order chi connectivity index (χ1) is 28.6. The Hall–Kier alpha value is -7.84. The number of H-pyrrole nitrogens is 2. The lowest BCUT2D eigenvalue weighted by Gasteiger charge is -2.08. The molecule has 8 nitrogen and oxygen atoms in total. The molecule has 6 aromatic carbocycles. The largest absolute Gasteiger partial charge is 0.296 e. The monoisotopic (exact) mass is 748 g/mol. The fourth-order valence-corrected chi connectivity index (χ4v) is 8.49. The van der Waals surface area contributed by atoms with Crippen molar-refractivity contribution in [1.29, 1.82) is 0 Å². The Morgan fingerprint density at radius 1 is 0.362 bits per heavy atom. The van der Waals surface area contributed by atoms with E-state index in [0.717, 1.165) is 88.7 Å². The van der Waals surface area contributed by atoms with E-state index in [1.807, 2.05) is 48.5 Å². The second kappa shape index (κ2) is 13.4. The smallest absolute Gasteiger partial charge is 0.164 e. The highest BCUT2D eigenvalue weighted by atomic mass is 15.3. The van der Waals surface area contributed by atoms with Crippen molar-refractivity contribution in [3.8, 4) is 33.6 Å². The second-order valence-electron chi connectivity index (χ2n) is 14.6. The molecule has 6 heterocycles. The number of hydrogen-bond donors (Lipinski definition) is 2. The Balaban J connectivity index is 0.000000133. The first-order valence-electron chi connectivity index (χ1n) is 19.4. The van der Waals surface area contributed by atoms with E-state index in [2.05, 4.69) is 155 Å². The van der Waals surface area contributed by atoms with Crippen LogP contribution in [0.2, 0.25) is 0 Å². The normalized spacial score (nSPS) is 11.6. The molecule has 0 atom stereocenters. The highest BCUT2D eigenvalue weighted by molar-refractivity contribution is 6.21. The summed E-state index contributed by atoms with van der Waals surface area (Å²) < 4.78 is 4.10. The minimum Gasteiger partial charge on any atom is -0.296 e. The van der Waals surface area contributed by atoms with E-state index in [1.54, 1.807) is 0 Å². The van der Waals surface area contributed by atoms with Gasteiger partial charge in [-0.15, -0.1) is 0 Å². The molecule has 0 unspecified atom stereocenters. The van der Waals surface area contributed by atoms with Crippen LogP contribution < -0.4 is 0 Å². The summed E-state index contributed by atoms with van der Waals surface area (Å²) in [5.41, 5.74) is 14.3. The zero-order valence-electron chi connectivity index (χ0n) is 31.8. The van der Waals surface area contributed by atoms with Gasteiger partial charge < -0.3 is 0 Å². The summed E-state index contributed by atoms with van der Waals surface area (Å²) >= 11 is 0. The van der Waals surface area contributed by atoms with Crippen LogP contribution >= 0.6 is 0 Å². The average Bonchev–Trinajstić information content (AvgIpc) is 4.03. The van der Waals surface area contributed by atoms with Crippen LogP contribution in [0.5, 0.6) is 0 Å². The van der Waals surface area contributed by atoms with E-state index in [4.69, 9.17) is 19.9 Å². The third kappa shape index (κ3) is 5.30. The van der Waals surface area contributed by atoms with Crippen molar-refractivity contribution >= 4 is 65.9 Å². The molecule has 0 spiro atoms. The maximum atomic E-state index is 5.02. The molecule has 0 saturated carbocycles. The number of aromatic amines is 2. The number of fused-ring (bicyclic) bond motifs is 8. The lowest BCUT2D eigenvalue weighted by molar-refractivity contribution is 0.879. The van der Waals surface area contributed by atoms with E-state index in [9.17, 15) is 0 Å². The molecular formula is C50H36N8. The molecule has 0 aliphatic rings. The summed E-state index contributed by atoms with van der Waals surface area (Å²) in [6.45, 7) is 4.22. The number of hydrogen-bond acceptors (Lipinski definition) is 4. The van der Waals surface area contributed by atoms with E-state index in [-0.39, 0.29) is 0 Å². The van der Waals surface area contributed by atoms with E-state index < -0.39 is 0 Å². The summed E-state index contributed by atoms with van der Waals surface area (Å²) in [5, 5.41) is 13.8. The topological polar surface area (TPSA) is 93.0 Å². The predicted molar refractivity (Wildman–Crippen MR) is 237 cm³/mol. The van der Waals surface area contributed by atoms with Crippen LogP contribution in [0.4, 0.5) is 0 Å². The van der Waals surface area contributed by atoms with Gasteiger partial charge in [0.05, 0.1) is 22.4 Å². The van der Waals surface area contributed by atoms with Crippen molar-refractivity contribution in [2.45, 2.75) is 13.8 Å². The van der Waals surface area contributed by atoms with Gasteiger partial charge in [-0.05, 0) is 61.4 Å². The maximum Gasteiger partial charge on any atom is 0.164 e. The molecule has 12 aromatic rings. The highest BCUT2D eigenvalue weighted by Crippen LogP contribution is 2.42. The van der Waals surface area contributed by atoms with Crippen LogP contribution in [0.3, 0.4) is 0 Å². The van der Waals surface area contributed by atoms with Crippen LogP contribution in [-0.4, -0.2) is 39.5 Å². The Bertz CT molecular complexity index is 3220. The lowest BCUT2D eigenvalue weighted by Crippen LogP contribution is -1.98. The molecular weight excluding hydrogens is 713 g/mol. The van der Waals surface area contributed by atoms with E-state index in [0.29, 0.717) is 0 Å². The molecule has 6 aromatic heterocycles. The summed E-state index contributed by atoms with van der Waals surface area (Å²) in [6.07, 6.45) is 0. The third-order valence-corrected chi connectivity index (χ3v) is 11.0. The molecule has 0 aliphatic heterocycles. The zero-order chi connectivity index (χ0) is 38.7. The van der Waals surface area contributed by atoms with Gasteiger partial charge in [-0.3, -0.25) is 10.2 Å². The number of benzene rings is 6. The van der Waals surface area contributed by atoms with Gasteiger partial charge >= 0.3 is 0 Å². The summed E-state index contributed by atoms with van der Waals surface area (Å²) in [4.78, 5) is 19.8. The number of pyridine rings is 2. The van der Waals surface area contributed by atoms with Crippen molar-refractivity contribution in [3.05, 3.63) is 181 Å². The van der Waals surface area contributed by atoms with E-state index in [1.165, 1.54) is 22.3 Å². The molecule has 0 aliphatic carbocycles. The van der Waals surface area contributed by atoms with Gasteiger partial charge in [0.25, 0.3) is 0 Å². The number of aromatic nitrogens is 8. The van der Waals surface area contributed by atoms with Crippen molar-refractivity contribution in [1.82, 2.24) is 39.5 Å². The second-order valence-corrected chi connectivity index (χ2v) is 14.6. The molecule has 0 saturated heterocycles. The molecule has 2 N–H and O–H groups in total. The van der Waals surface area contributed by atoms with E-state index >= 15 is 0 Å². The maximum absolute atomic E-state index is 5.02. The summed E-state index contributed by atoms with van der Waals surface area (Å²) in [5.74, 6) is 0. The number of nitrogens with zero attached hydrogens (tertiary/aromatic N) is 6. The molecule has 0 bridgehead atoms. The van der Waals surface area contributed by atoms with Crippen LogP contribution in [0.25, 0.3) is 99.6 Å². The first-order valence-corrected chi connectivity index (χ1v) is 19.4. The SMILES string of the molecule is Cc1[nH]n(-c2ccccc2)c2nc3nc4ccccc4c3c(-c3ccccc3)c12.Cc1[nH]n(-c2ccccc2)c2nc3nc4ccccc4c3c(-c3ccccc3)c12. The molecule has 12 rings (SSSR count). The Morgan fingerprint density at radius 2 is 0.707 bits per heavy atom. The standard InChI is InChI=1S/2C25H18N4/c2*1-16-21-22(17-10-4-2-5-11-17)23-19-14-8-9-15-20(19)26-24(23)27-25(21)29(28-16)18-12-6-3-7-13-18/h2*2-15,28H,1H3. The van der Waals surface area contributed by atoms with Crippen LogP contribution in [0.1, 0.15) is 11.4 Å². The van der Waals surface area contributed by atoms with Crippen LogP contribution in [0, 0.1) is 13.8 Å². The number of aryl methyl sites for hydroxylation is 2. The molecule has 0 amide bonds. The summed E-state index contributed by atoms with van der Waals surface area (Å²) in [6, 6.07) is 58.2. The first kappa shape index (κ1) is 33.5. The van der Waals surface area contributed by atoms with Gasteiger partial charge in [-0.1, -0.05) is 133 Å². The fraction of sp³-hybridized carbons (Fsp3) is 0.0400. The third-order valence-electron chi connectivity index (χ3n) is 11.0. The van der Waals surface area contributed by atoms with Gasteiger partial charge in [-0.25, -0.2) is 29.3 Å². The molecule has 58 heavy (non-hydrogen) atoms. The van der Waals surface area contributed by atoms with Crippen LogP contribution in [0.15, 0.2) is 170 Å². The molecule has 8 heteroatoms. The number of para-hydroxylation sites is 4. The van der Waals surface area contributed by atoms with Crippen molar-refractivity contribution in [2.24, 2.45) is 0 Å². The van der Waals surface area contributed by atoms with Gasteiger partial charge in [0.1, 0.15) is 0 Å². The number of nitrogens with one attached hydrogen (secondary N) is 2. The minimum atomic E-state index is 0.779. The Kier molecular flexibility index (Phi) is 7.75. The Morgan fingerprint density at radius 3 is 1.10 bits per heavy atom. The van der Waals surface area contributed by atoms with Crippen molar-refractivity contribution < 1.29 is 0 Å². The number of rotatable bonds is 4. The van der Waals surface area contributed by atoms with Crippen LogP contribution in [-0.2, 0) is 0 Å². The highest BCUT2D eigenvalue weighted by Gasteiger charge is 2.23. The average molecular weight is 749 g/mol. The summed E-state index contributed by atoms with van der Waals surface area (Å²) in [7, 11) is 0. The van der Waals surface area contributed by atoms with Gasteiger partial charge in [0.15, 0.2) is 22.6 Å². The van der Waals surface area contributed by atoms with Gasteiger partial charge in [-0.2, -0.15) is 0 Å². The molecule has 0 radical (unpaired) electrons. The molecule has 0 fully saturated rings. The minimum absolute atomic E-state index is 0.779. The predicted octanol–water partition coefficient (Wildman–Crippen LogP) is 12.1.